The molecule has 0 unspecified atom stereocenters. The van der Waals surface area contributed by atoms with Gasteiger partial charge >= 0.3 is 0 Å². The summed E-state index contributed by atoms with van der Waals surface area (Å²) in [5, 5.41) is 14.3. The number of nitrogens with zero attached hydrogens (tertiary/aromatic N) is 2. The highest BCUT2D eigenvalue weighted by Crippen LogP contribution is 2.33. The third-order valence-corrected chi connectivity index (χ3v) is 5.79. The zero-order valence-corrected chi connectivity index (χ0v) is 17.8. The lowest BCUT2D eigenvalue weighted by molar-refractivity contribution is -0.384. The number of rotatable bonds is 6. The summed E-state index contributed by atoms with van der Waals surface area (Å²) in [6.45, 7) is 4.18. The number of anilines is 1. The summed E-state index contributed by atoms with van der Waals surface area (Å²) in [5.74, 6) is 0.799. The second-order valence-electron chi connectivity index (χ2n) is 7.81. The van der Waals surface area contributed by atoms with Crippen molar-refractivity contribution in [1.82, 2.24) is 4.90 Å². The van der Waals surface area contributed by atoms with Gasteiger partial charge in [0.1, 0.15) is 18.9 Å². The second kappa shape index (κ2) is 9.25. The van der Waals surface area contributed by atoms with Crippen molar-refractivity contribution in [3.8, 4) is 11.5 Å². The zero-order chi connectivity index (χ0) is 22.7. The summed E-state index contributed by atoms with van der Waals surface area (Å²) < 4.78 is 11.1. The van der Waals surface area contributed by atoms with Crippen LogP contribution in [0.3, 0.4) is 0 Å². The number of likely N-dealkylation sites (tertiary alicyclic amines) is 1. The molecule has 2 heterocycles. The highest BCUT2D eigenvalue weighted by molar-refractivity contribution is 5.99. The normalized spacial score (nSPS) is 15.8. The van der Waals surface area contributed by atoms with E-state index in [0.717, 1.165) is 0 Å². The number of nitro groups is 1. The third kappa shape index (κ3) is 4.37. The first-order valence-corrected chi connectivity index (χ1v) is 10.7. The molecule has 9 nitrogen and oxygen atoms in total. The van der Waals surface area contributed by atoms with Gasteiger partial charge in [-0.3, -0.25) is 19.7 Å². The van der Waals surface area contributed by atoms with Crippen LogP contribution < -0.4 is 14.8 Å². The fraction of sp³-hybridized carbons (Fsp3) is 0.391. The van der Waals surface area contributed by atoms with Gasteiger partial charge in [-0.2, -0.15) is 0 Å². The van der Waals surface area contributed by atoms with E-state index in [2.05, 4.69) is 5.32 Å². The number of nitro benzene ring substituents is 1. The number of nitrogens with one attached hydrogen (secondary N) is 1. The summed E-state index contributed by atoms with van der Waals surface area (Å²) in [7, 11) is 0. The van der Waals surface area contributed by atoms with Crippen molar-refractivity contribution in [3.63, 3.8) is 0 Å². The predicted octanol–water partition coefficient (Wildman–Crippen LogP) is 3.53. The molecule has 2 aromatic rings. The average Bonchev–Trinajstić information content (AvgIpc) is 2.83. The standard InChI is InChI=1S/C23H25N3O6/c1-2-24-18-5-3-17(13-19(18)26(29)30)23(28)25-9-7-15(8-10-25)22(27)16-4-6-20-21(14-16)32-12-11-31-20/h3-6,13-15,24H,2,7-12H2,1H3. The van der Waals surface area contributed by atoms with E-state index in [-0.39, 0.29) is 28.9 Å². The molecule has 9 heteroatoms. The lowest BCUT2D eigenvalue weighted by atomic mass is 9.88. The molecule has 4 rings (SSSR count). The van der Waals surface area contributed by atoms with Gasteiger partial charge in [0.05, 0.1) is 4.92 Å². The van der Waals surface area contributed by atoms with E-state index in [1.54, 1.807) is 35.2 Å². The molecule has 0 radical (unpaired) electrons. The van der Waals surface area contributed by atoms with Crippen molar-refractivity contribution in [2.75, 3.05) is 38.2 Å². The number of ketones is 1. The molecular weight excluding hydrogens is 414 g/mol. The van der Waals surface area contributed by atoms with E-state index in [4.69, 9.17) is 9.47 Å². The van der Waals surface area contributed by atoms with E-state index in [1.807, 2.05) is 6.92 Å². The Labute approximate surface area is 185 Å². The molecule has 0 atom stereocenters. The highest BCUT2D eigenvalue weighted by atomic mass is 16.6. The Kier molecular flexibility index (Phi) is 6.25. The van der Waals surface area contributed by atoms with Crippen molar-refractivity contribution >= 4 is 23.1 Å². The van der Waals surface area contributed by atoms with Gasteiger partial charge in [0.2, 0.25) is 0 Å². The topological polar surface area (TPSA) is 111 Å². The molecule has 1 amide bonds. The van der Waals surface area contributed by atoms with Gasteiger partial charge in [0.25, 0.3) is 11.6 Å². The molecule has 32 heavy (non-hydrogen) atoms. The van der Waals surface area contributed by atoms with Gasteiger partial charge < -0.3 is 19.7 Å². The fourth-order valence-corrected chi connectivity index (χ4v) is 4.12. The molecule has 0 aromatic heterocycles. The largest absolute Gasteiger partial charge is 0.486 e. The van der Waals surface area contributed by atoms with Gasteiger partial charge in [-0.1, -0.05) is 0 Å². The maximum atomic E-state index is 13.0. The van der Waals surface area contributed by atoms with Crippen LogP contribution in [0.4, 0.5) is 11.4 Å². The van der Waals surface area contributed by atoms with Gasteiger partial charge in [0.15, 0.2) is 17.3 Å². The maximum Gasteiger partial charge on any atom is 0.293 e. The molecule has 1 saturated heterocycles. The molecule has 0 bridgehead atoms. The molecule has 168 valence electrons. The number of amides is 1. The van der Waals surface area contributed by atoms with Crippen LogP contribution in [-0.2, 0) is 0 Å². The minimum Gasteiger partial charge on any atom is -0.486 e. The smallest absolute Gasteiger partial charge is 0.293 e. The molecule has 0 aliphatic carbocycles. The van der Waals surface area contributed by atoms with E-state index in [0.29, 0.717) is 68.4 Å². The van der Waals surface area contributed by atoms with Crippen molar-refractivity contribution in [1.29, 1.82) is 0 Å². The van der Waals surface area contributed by atoms with Crippen LogP contribution in [0.1, 0.15) is 40.5 Å². The Morgan fingerprint density at radius 2 is 1.75 bits per heavy atom. The number of benzene rings is 2. The van der Waals surface area contributed by atoms with Gasteiger partial charge in [-0.05, 0) is 50.1 Å². The average molecular weight is 439 g/mol. The van der Waals surface area contributed by atoms with Gasteiger partial charge in [-0.15, -0.1) is 0 Å². The number of hydrogen-bond acceptors (Lipinski definition) is 7. The SMILES string of the molecule is CCNc1ccc(C(=O)N2CCC(C(=O)c3ccc4c(c3)OCCO4)CC2)cc1[N+](=O)[O-]. The summed E-state index contributed by atoms with van der Waals surface area (Å²) in [6, 6.07) is 9.70. The van der Waals surface area contributed by atoms with Crippen LogP contribution in [0, 0.1) is 16.0 Å². The van der Waals surface area contributed by atoms with Crippen molar-refractivity contribution in [2.24, 2.45) is 5.92 Å². The highest BCUT2D eigenvalue weighted by Gasteiger charge is 2.30. The number of ether oxygens (including phenoxy) is 2. The molecule has 1 N–H and O–H groups in total. The second-order valence-corrected chi connectivity index (χ2v) is 7.81. The van der Waals surface area contributed by atoms with Crippen LogP contribution >= 0.6 is 0 Å². The molecule has 0 spiro atoms. The van der Waals surface area contributed by atoms with Crippen molar-refractivity contribution < 1.29 is 24.0 Å². The predicted molar refractivity (Wildman–Crippen MR) is 118 cm³/mol. The molecule has 2 aliphatic heterocycles. The molecule has 1 fully saturated rings. The number of piperidine rings is 1. The number of Topliss-reactive ketones (excluding diaryl/α,β-unsaturated/α-hetero) is 1. The lowest BCUT2D eigenvalue weighted by Gasteiger charge is -2.31. The van der Waals surface area contributed by atoms with Gasteiger partial charge in [-0.25, -0.2) is 0 Å². The van der Waals surface area contributed by atoms with Crippen LogP contribution in [0.15, 0.2) is 36.4 Å². The number of carbonyl (C=O) groups is 2. The van der Waals surface area contributed by atoms with E-state index < -0.39 is 4.92 Å². The summed E-state index contributed by atoms with van der Waals surface area (Å²) in [4.78, 5) is 38.4. The van der Waals surface area contributed by atoms with Gasteiger partial charge in [0, 0.05) is 42.7 Å². The van der Waals surface area contributed by atoms with Crippen LogP contribution in [0.5, 0.6) is 11.5 Å². The Bertz CT molecular complexity index is 1050. The van der Waals surface area contributed by atoms with E-state index in [9.17, 15) is 19.7 Å². The first-order valence-electron chi connectivity index (χ1n) is 10.7. The van der Waals surface area contributed by atoms with Crippen LogP contribution in [0.2, 0.25) is 0 Å². The maximum absolute atomic E-state index is 13.0. The monoisotopic (exact) mass is 439 g/mol. The number of hydrogen-bond donors (Lipinski definition) is 1. The zero-order valence-electron chi connectivity index (χ0n) is 17.8. The molecule has 2 aliphatic rings. The first-order chi connectivity index (χ1) is 15.5. The fourth-order valence-electron chi connectivity index (χ4n) is 4.12. The minimum atomic E-state index is -0.493. The van der Waals surface area contributed by atoms with E-state index in [1.165, 1.54) is 6.07 Å². The summed E-state index contributed by atoms with van der Waals surface area (Å²) in [6.07, 6.45) is 1.08. The summed E-state index contributed by atoms with van der Waals surface area (Å²) in [5.41, 5.74) is 1.11. The van der Waals surface area contributed by atoms with Crippen molar-refractivity contribution in [2.45, 2.75) is 19.8 Å². The van der Waals surface area contributed by atoms with Crippen LogP contribution in [0.25, 0.3) is 0 Å². The minimum absolute atomic E-state index is 0.0275. The number of fused-ring (bicyclic) bond motifs is 1. The Morgan fingerprint density at radius 1 is 1.06 bits per heavy atom. The van der Waals surface area contributed by atoms with Crippen LogP contribution in [-0.4, -0.2) is 54.4 Å². The summed E-state index contributed by atoms with van der Waals surface area (Å²) >= 11 is 0. The third-order valence-electron chi connectivity index (χ3n) is 5.79. The Hall–Kier alpha value is -3.62. The van der Waals surface area contributed by atoms with E-state index >= 15 is 0 Å². The Balaban J connectivity index is 1.41. The Morgan fingerprint density at radius 3 is 2.44 bits per heavy atom. The van der Waals surface area contributed by atoms with Crippen molar-refractivity contribution in [3.05, 3.63) is 57.6 Å². The molecular formula is C23H25N3O6. The first kappa shape index (κ1) is 21.6. The molecule has 0 saturated carbocycles. The number of carbonyl (C=O) groups excluding carboxylic acids is 2. The lowest BCUT2D eigenvalue weighted by Crippen LogP contribution is -2.40. The molecule has 2 aromatic carbocycles. The quantitative estimate of drug-likeness (QED) is 0.416.